The van der Waals surface area contributed by atoms with Crippen LogP contribution in [0.1, 0.15) is 65.7 Å². The lowest BCUT2D eigenvalue weighted by Gasteiger charge is -2.37. The lowest BCUT2D eigenvalue weighted by atomic mass is 9.79. The number of Topliss-reactive ketones (excluding diaryl/α,β-unsaturated/α-hetero) is 1. The van der Waals surface area contributed by atoms with Gasteiger partial charge < -0.3 is 4.90 Å². The van der Waals surface area contributed by atoms with Crippen molar-refractivity contribution >= 4 is 5.78 Å². The van der Waals surface area contributed by atoms with Crippen LogP contribution in [0.2, 0.25) is 0 Å². The van der Waals surface area contributed by atoms with E-state index < -0.39 is 0 Å². The zero-order valence-electron chi connectivity index (χ0n) is 13.7. The Labute approximate surface area is 125 Å². The molecule has 2 nitrogen and oxygen atoms in total. The summed E-state index contributed by atoms with van der Waals surface area (Å²) in [6.07, 6.45) is 8.38. The van der Waals surface area contributed by atoms with E-state index in [0.717, 1.165) is 37.0 Å². The normalized spacial score (nSPS) is 29.8. The van der Waals surface area contributed by atoms with E-state index in [2.05, 4.69) is 18.7 Å². The average Bonchev–Trinajstić information content (AvgIpc) is 2.48. The van der Waals surface area contributed by atoms with Gasteiger partial charge in [0.25, 0.3) is 0 Å². The van der Waals surface area contributed by atoms with Gasteiger partial charge in [0.1, 0.15) is 5.78 Å². The minimum Gasteiger partial charge on any atom is -0.303 e. The highest BCUT2D eigenvalue weighted by molar-refractivity contribution is 5.80. The Morgan fingerprint density at radius 3 is 2.15 bits per heavy atom. The largest absolute Gasteiger partial charge is 0.303 e. The van der Waals surface area contributed by atoms with E-state index in [-0.39, 0.29) is 0 Å². The third-order valence-electron chi connectivity index (χ3n) is 5.74. The molecule has 0 amide bonds. The number of hydrogen-bond donors (Lipinski definition) is 0. The molecule has 1 aliphatic carbocycles. The predicted molar refractivity (Wildman–Crippen MR) is 84.7 cm³/mol. The summed E-state index contributed by atoms with van der Waals surface area (Å²) < 4.78 is 0. The summed E-state index contributed by atoms with van der Waals surface area (Å²) in [7, 11) is 0. The average molecular weight is 279 g/mol. The molecule has 0 unspecified atom stereocenters. The Hall–Kier alpha value is -0.370. The molecule has 1 saturated heterocycles. The second-order valence-corrected chi connectivity index (χ2v) is 7.42. The molecule has 116 valence electrons. The molecular formula is C18H33NO. The van der Waals surface area contributed by atoms with Crippen LogP contribution in [-0.4, -0.2) is 30.3 Å². The first-order valence-electron chi connectivity index (χ1n) is 8.85. The topological polar surface area (TPSA) is 20.3 Å². The number of rotatable bonds is 5. The minimum atomic E-state index is 0.392. The molecule has 2 heteroatoms. The highest BCUT2D eigenvalue weighted by Gasteiger charge is 2.28. The van der Waals surface area contributed by atoms with Crippen molar-refractivity contribution in [2.45, 2.75) is 65.7 Å². The highest BCUT2D eigenvalue weighted by atomic mass is 16.1. The van der Waals surface area contributed by atoms with Crippen molar-refractivity contribution in [3.05, 3.63) is 0 Å². The molecule has 0 atom stereocenters. The maximum Gasteiger partial charge on any atom is 0.135 e. The Kier molecular flexibility index (Phi) is 6.07. The summed E-state index contributed by atoms with van der Waals surface area (Å²) in [6.45, 7) is 10.6. The molecule has 0 aromatic carbocycles. The van der Waals surface area contributed by atoms with Crippen LogP contribution >= 0.6 is 0 Å². The van der Waals surface area contributed by atoms with E-state index in [1.165, 1.54) is 45.3 Å². The number of nitrogens with zero attached hydrogens (tertiary/aromatic N) is 1. The first-order chi connectivity index (χ1) is 9.60. The number of piperidine rings is 1. The van der Waals surface area contributed by atoms with E-state index in [4.69, 9.17) is 0 Å². The van der Waals surface area contributed by atoms with Gasteiger partial charge in [0, 0.05) is 18.9 Å². The Bertz CT molecular complexity index is 297. The fourth-order valence-electron chi connectivity index (χ4n) is 4.12. The molecular weight excluding hydrogens is 246 g/mol. The lowest BCUT2D eigenvalue weighted by Crippen LogP contribution is -2.39. The van der Waals surface area contributed by atoms with E-state index >= 15 is 0 Å². The van der Waals surface area contributed by atoms with Crippen molar-refractivity contribution in [3.63, 3.8) is 0 Å². The zero-order valence-corrected chi connectivity index (χ0v) is 13.7. The van der Waals surface area contributed by atoms with E-state index in [0.29, 0.717) is 11.7 Å². The Morgan fingerprint density at radius 1 is 1.05 bits per heavy atom. The van der Waals surface area contributed by atoms with Gasteiger partial charge in [-0.1, -0.05) is 20.8 Å². The van der Waals surface area contributed by atoms with Gasteiger partial charge >= 0.3 is 0 Å². The van der Waals surface area contributed by atoms with Crippen molar-refractivity contribution in [2.24, 2.45) is 23.7 Å². The maximum atomic E-state index is 11.8. The SMILES string of the molecule is CCC(=O)C1CCC(CN2CCC(C(C)C)CC2)CC1. The number of hydrogen-bond acceptors (Lipinski definition) is 2. The quantitative estimate of drug-likeness (QED) is 0.754. The molecule has 1 heterocycles. The third-order valence-corrected chi connectivity index (χ3v) is 5.74. The standard InChI is InChI=1S/C18H33NO/c1-4-18(20)17-7-5-15(6-8-17)13-19-11-9-16(10-12-19)14(2)3/h14-17H,4-13H2,1-3H3. The van der Waals surface area contributed by atoms with Crippen molar-refractivity contribution < 1.29 is 4.79 Å². The number of carbonyl (C=O) groups is 1. The molecule has 1 saturated carbocycles. The summed E-state index contributed by atoms with van der Waals surface area (Å²) in [5, 5.41) is 0. The van der Waals surface area contributed by atoms with Gasteiger partial charge in [0.2, 0.25) is 0 Å². The molecule has 20 heavy (non-hydrogen) atoms. The molecule has 2 aliphatic rings. The summed E-state index contributed by atoms with van der Waals surface area (Å²) in [4.78, 5) is 14.4. The van der Waals surface area contributed by atoms with Gasteiger partial charge in [-0.05, 0) is 69.4 Å². The van der Waals surface area contributed by atoms with E-state index in [9.17, 15) is 4.79 Å². The third kappa shape index (κ3) is 4.31. The monoisotopic (exact) mass is 279 g/mol. The minimum absolute atomic E-state index is 0.392. The Balaban J connectivity index is 1.68. The van der Waals surface area contributed by atoms with Gasteiger partial charge in [-0.3, -0.25) is 4.79 Å². The van der Waals surface area contributed by atoms with Crippen LogP contribution in [0.15, 0.2) is 0 Å². The molecule has 2 rings (SSSR count). The van der Waals surface area contributed by atoms with E-state index in [1.54, 1.807) is 0 Å². The van der Waals surface area contributed by atoms with Crippen LogP contribution in [0.5, 0.6) is 0 Å². The van der Waals surface area contributed by atoms with Crippen LogP contribution in [-0.2, 0) is 4.79 Å². The fourth-order valence-corrected chi connectivity index (χ4v) is 4.12. The molecule has 0 aromatic rings. The zero-order chi connectivity index (χ0) is 14.5. The summed E-state index contributed by atoms with van der Waals surface area (Å²) in [5.41, 5.74) is 0. The molecule has 0 aromatic heterocycles. The van der Waals surface area contributed by atoms with Crippen LogP contribution in [0.25, 0.3) is 0 Å². The van der Waals surface area contributed by atoms with Crippen molar-refractivity contribution in [3.8, 4) is 0 Å². The summed E-state index contributed by atoms with van der Waals surface area (Å²) in [6, 6.07) is 0. The number of carbonyl (C=O) groups excluding carboxylic acids is 1. The van der Waals surface area contributed by atoms with Crippen molar-refractivity contribution in [2.75, 3.05) is 19.6 Å². The van der Waals surface area contributed by atoms with Gasteiger partial charge in [0.15, 0.2) is 0 Å². The number of ketones is 1. The molecule has 2 fully saturated rings. The van der Waals surface area contributed by atoms with Crippen molar-refractivity contribution in [1.82, 2.24) is 4.90 Å². The molecule has 1 aliphatic heterocycles. The lowest BCUT2D eigenvalue weighted by molar-refractivity contribution is -0.123. The van der Waals surface area contributed by atoms with Gasteiger partial charge in [-0.15, -0.1) is 0 Å². The second-order valence-electron chi connectivity index (χ2n) is 7.42. The fraction of sp³-hybridized carbons (Fsp3) is 0.944. The van der Waals surface area contributed by atoms with Crippen LogP contribution in [0.4, 0.5) is 0 Å². The van der Waals surface area contributed by atoms with Gasteiger partial charge in [0.05, 0.1) is 0 Å². The predicted octanol–water partition coefficient (Wildman–Crippen LogP) is 4.14. The van der Waals surface area contributed by atoms with Crippen LogP contribution in [0, 0.1) is 23.7 Å². The summed E-state index contributed by atoms with van der Waals surface area (Å²) >= 11 is 0. The van der Waals surface area contributed by atoms with Crippen LogP contribution < -0.4 is 0 Å². The van der Waals surface area contributed by atoms with Gasteiger partial charge in [-0.2, -0.15) is 0 Å². The first kappa shape index (κ1) is 16.0. The van der Waals surface area contributed by atoms with Crippen LogP contribution in [0.3, 0.4) is 0 Å². The Morgan fingerprint density at radius 2 is 1.65 bits per heavy atom. The summed E-state index contributed by atoms with van der Waals surface area (Å²) in [5.74, 6) is 3.55. The molecule has 0 N–H and O–H groups in total. The van der Waals surface area contributed by atoms with E-state index in [1.807, 2.05) is 6.92 Å². The molecule has 0 radical (unpaired) electrons. The molecule has 0 bridgehead atoms. The van der Waals surface area contributed by atoms with Crippen molar-refractivity contribution in [1.29, 1.82) is 0 Å². The number of likely N-dealkylation sites (tertiary alicyclic amines) is 1. The van der Waals surface area contributed by atoms with Gasteiger partial charge in [-0.25, -0.2) is 0 Å². The smallest absolute Gasteiger partial charge is 0.135 e. The first-order valence-corrected chi connectivity index (χ1v) is 8.85. The molecule has 0 spiro atoms. The highest BCUT2D eigenvalue weighted by Crippen LogP contribution is 2.32. The maximum absolute atomic E-state index is 11.8. The second kappa shape index (κ2) is 7.59.